The maximum absolute atomic E-state index is 13.2. The fraction of sp³-hybridized carbons (Fsp3) is 0.0455. The van der Waals surface area contributed by atoms with E-state index >= 15 is 0 Å². The Morgan fingerprint density at radius 1 is 0.931 bits per heavy atom. The van der Waals surface area contributed by atoms with Crippen LogP contribution in [0.1, 0.15) is 5.56 Å². The van der Waals surface area contributed by atoms with Gasteiger partial charge in [-0.25, -0.2) is 8.42 Å². The molecular formula is C22H18ClNO4S. The molecule has 3 rings (SSSR count). The lowest BCUT2D eigenvalue weighted by Gasteiger charge is -2.21. The summed E-state index contributed by atoms with van der Waals surface area (Å²) in [5.74, 6) is -0.149. The molecule has 0 N–H and O–H groups in total. The fourth-order valence-electron chi connectivity index (χ4n) is 2.61. The van der Waals surface area contributed by atoms with Crippen LogP contribution in [0.25, 0.3) is 6.08 Å². The molecular weight excluding hydrogens is 410 g/mol. The van der Waals surface area contributed by atoms with Gasteiger partial charge in [-0.15, -0.1) is 0 Å². The van der Waals surface area contributed by atoms with Crippen LogP contribution in [-0.4, -0.2) is 21.4 Å². The highest BCUT2D eigenvalue weighted by atomic mass is 35.5. The van der Waals surface area contributed by atoms with E-state index in [1.54, 1.807) is 54.6 Å². The number of hydrogen-bond donors (Lipinski definition) is 0. The van der Waals surface area contributed by atoms with E-state index in [2.05, 4.69) is 0 Å². The van der Waals surface area contributed by atoms with Crippen LogP contribution in [0, 0.1) is 0 Å². The van der Waals surface area contributed by atoms with E-state index in [1.165, 1.54) is 43.5 Å². The molecule has 0 radical (unpaired) electrons. The number of halogens is 1. The molecule has 0 saturated carbocycles. The van der Waals surface area contributed by atoms with Gasteiger partial charge in [0.2, 0.25) is 0 Å². The van der Waals surface area contributed by atoms with Gasteiger partial charge in [-0.2, -0.15) is 4.31 Å². The first-order chi connectivity index (χ1) is 13.9. The van der Waals surface area contributed by atoms with Crippen molar-refractivity contribution < 1.29 is 17.9 Å². The SMILES string of the molecule is COc1ccc(N(C(=O)/C=C/c2ccc(Cl)cc2)S(=O)(=O)c2ccccc2)cc1. The zero-order chi connectivity index (χ0) is 20.9. The molecule has 0 bridgehead atoms. The zero-order valence-electron chi connectivity index (χ0n) is 15.5. The molecule has 5 nitrogen and oxygen atoms in total. The van der Waals surface area contributed by atoms with Crippen LogP contribution >= 0.6 is 11.6 Å². The topological polar surface area (TPSA) is 63.7 Å². The van der Waals surface area contributed by atoms with Gasteiger partial charge < -0.3 is 4.74 Å². The van der Waals surface area contributed by atoms with Gasteiger partial charge in [-0.1, -0.05) is 41.9 Å². The molecule has 1 amide bonds. The number of carbonyl (C=O) groups is 1. The van der Waals surface area contributed by atoms with E-state index < -0.39 is 15.9 Å². The second kappa shape index (κ2) is 8.94. The lowest BCUT2D eigenvalue weighted by Crippen LogP contribution is -2.35. The van der Waals surface area contributed by atoms with Gasteiger partial charge in [-0.3, -0.25) is 4.79 Å². The van der Waals surface area contributed by atoms with E-state index in [1.807, 2.05) is 0 Å². The highest BCUT2D eigenvalue weighted by molar-refractivity contribution is 7.93. The van der Waals surface area contributed by atoms with E-state index in [4.69, 9.17) is 16.3 Å². The molecule has 0 spiro atoms. The monoisotopic (exact) mass is 427 g/mol. The predicted octanol–water partition coefficient (Wildman–Crippen LogP) is 4.78. The second-order valence-corrected chi connectivity index (χ2v) is 8.23. The Bertz CT molecular complexity index is 1110. The number of nitrogens with zero attached hydrogens (tertiary/aromatic N) is 1. The second-order valence-electron chi connectivity index (χ2n) is 6.00. The third-order valence-corrected chi connectivity index (χ3v) is 6.07. The number of ether oxygens (including phenoxy) is 1. The first kappa shape index (κ1) is 20.6. The Labute approximate surface area is 174 Å². The van der Waals surface area contributed by atoms with Gasteiger partial charge in [0.15, 0.2) is 0 Å². The average molecular weight is 428 g/mol. The summed E-state index contributed by atoms with van der Waals surface area (Å²) in [4.78, 5) is 13.0. The molecule has 0 saturated heterocycles. The van der Waals surface area contributed by atoms with Crippen LogP contribution in [0.5, 0.6) is 5.75 Å². The molecule has 29 heavy (non-hydrogen) atoms. The van der Waals surface area contributed by atoms with Crippen molar-refractivity contribution in [1.82, 2.24) is 0 Å². The van der Waals surface area contributed by atoms with Crippen molar-refractivity contribution in [2.75, 3.05) is 11.4 Å². The van der Waals surface area contributed by atoms with Crippen LogP contribution in [0.4, 0.5) is 5.69 Å². The van der Waals surface area contributed by atoms with Crippen molar-refractivity contribution in [3.8, 4) is 5.75 Å². The first-order valence-electron chi connectivity index (χ1n) is 8.64. The van der Waals surface area contributed by atoms with E-state index in [0.717, 1.165) is 9.87 Å². The third kappa shape index (κ3) is 4.85. The quantitative estimate of drug-likeness (QED) is 0.531. The molecule has 148 valence electrons. The van der Waals surface area contributed by atoms with Crippen molar-refractivity contribution in [3.05, 3.63) is 95.5 Å². The minimum absolute atomic E-state index is 0.0176. The molecule has 0 atom stereocenters. The fourth-order valence-corrected chi connectivity index (χ4v) is 4.14. The lowest BCUT2D eigenvalue weighted by atomic mass is 10.2. The number of methoxy groups -OCH3 is 1. The molecule has 0 aliphatic heterocycles. The van der Waals surface area contributed by atoms with Gasteiger partial charge in [0, 0.05) is 11.1 Å². The largest absolute Gasteiger partial charge is 0.497 e. The van der Waals surface area contributed by atoms with E-state index in [0.29, 0.717) is 10.8 Å². The third-order valence-electron chi connectivity index (χ3n) is 4.08. The number of hydrogen-bond acceptors (Lipinski definition) is 4. The molecule has 0 aromatic heterocycles. The summed E-state index contributed by atoms with van der Waals surface area (Å²) in [6.07, 6.45) is 2.75. The van der Waals surface area contributed by atoms with Crippen LogP contribution in [0.15, 0.2) is 89.8 Å². The minimum Gasteiger partial charge on any atom is -0.497 e. The molecule has 7 heteroatoms. The normalized spacial score (nSPS) is 11.4. The van der Waals surface area contributed by atoms with Gasteiger partial charge in [0.25, 0.3) is 15.9 Å². The number of sulfonamides is 1. The summed E-state index contributed by atoms with van der Waals surface area (Å²) in [6.45, 7) is 0. The Kier molecular flexibility index (Phi) is 6.36. The number of rotatable bonds is 6. The summed E-state index contributed by atoms with van der Waals surface area (Å²) in [6, 6.07) is 20.9. The molecule has 0 heterocycles. The molecule has 0 aliphatic carbocycles. The zero-order valence-corrected chi connectivity index (χ0v) is 17.1. The van der Waals surface area contributed by atoms with E-state index in [-0.39, 0.29) is 10.6 Å². The van der Waals surface area contributed by atoms with Gasteiger partial charge >= 0.3 is 0 Å². The average Bonchev–Trinajstić information content (AvgIpc) is 2.74. The van der Waals surface area contributed by atoms with Gasteiger partial charge in [0.05, 0.1) is 17.7 Å². The Morgan fingerprint density at radius 3 is 2.14 bits per heavy atom. The number of anilines is 1. The Hall–Kier alpha value is -3.09. The highest BCUT2D eigenvalue weighted by Gasteiger charge is 2.29. The van der Waals surface area contributed by atoms with Gasteiger partial charge in [0.1, 0.15) is 5.75 Å². The van der Waals surface area contributed by atoms with Gasteiger partial charge in [-0.05, 0) is 60.2 Å². The number of benzene rings is 3. The van der Waals surface area contributed by atoms with Crippen LogP contribution in [-0.2, 0) is 14.8 Å². The molecule has 3 aromatic carbocycles. The summed E-state index contributed by atoms with van der Waals surface area (Å²) in [5, 5.41) is 0.569. The van der Waals surface area contributed by atoms with Crippen molar-refractivity contribution in [2.45, 2.75) is 4.90 Å². The van der Waals surface area contributed by atoms with Crippen molar-refractivity contribution in [3.63, 3.8) is 0 Å². The molecule has 3 aromatic rings. The minimum atomic E-state index is -4.11. The maximum Gasteiger partial charge on any atom is 0.271 e. The summed E-state index contributed by atoms with van der Waals surface area (Å²) >= 11 is 5.87. The summed E-state index contributed by atoms with van der Waals surface area (Å²) in [5.41, 5.74) is 0.926. The first-order valence-corrected chi connectivity index (χ1v) is 10.5. The predicted molar refractivity (Wildman–Crippen MR) is 115 cm³/mol. The highest BCUT2D eigenvalue weighted by Crippen LogP contribution is 2.26. The summed E-state index contributed by atoms with van der Waals surface area (Å²) < 4.78 is 32.3. The van der Waals surface area contributed by atoms with Crippen molar-refractivity contribution in [2.24, 2.45) is 0 Å². The van der Waals surface area contributed by atoms with Crippen LogP contribution < -0.4 is 9.04 Å². The van der Waals surface area contributed by atoms with Crippen LogP contribution in [0.2, 0.25) is 5.02 Å². The Morgan fingerprint density at radius 2 is 1.55 bits per heavy atom. The standard InChI is InChI=1S/C22H18ClNO4S/c1-28-20-14-12-19(13-15-20)24(29(26,27)21-5-3-2-4-6-21)22(25)16-9-17-7-10-18(23)11-8-17/h2-16H,1H3/b16-9+. The van der Waals surface area contributed by atoms with Crippen molar-refractivity contribution in [1.29, 1.82) is 0 Å². The van der Waals surface area contributed by atoms with Crippen LogP contribution in [0.3, 0.4) is 0 Å². The maximum atomic E-state index is 13.2. The molecule has 0 fully saturated rings. The number of carbonyl (C=O) groups excluding carboxylic acids is 1. The lowest BCUT2D eigenvalue weighted by molar-refractivity contribution is -0.113. The van der Waals surface area contributed by atoms with Crippen molar-refractivity contribution >= 4 is 39.3 Å². The number of amides is 1. The van der Waals surface area contributed by atoms with E-state index in [9.17, 15) is 13.2 Å². The molecule has 0 unspecified atom stereocenters. The summed E-state index contributed by atoms with van der Waals surface area (Å²) in [7, 11) is -2.61. The Balaban J connectivity index is 2.02. The molecule has 0 aliphatic rings. The smallest absolute Gasteiger partial charge is 0.271 e.